The van der Waals surface area contributed by atoms with Gasteiger partial charge in [0, 0.05) is 42.1 Å². The first-order valence-corrected chi connectivity index (χ1v) is 16.2. The number of carbonyl (C=O) groups excluding carboxylic acids is 1. The van der Waals surface area contributed by atoms with Crippen LogP contribution in [0.15, 0.2) is 76.6 Å². The number of thioether (sulfide) groups is 1. The van der Waals surface area contributed by atoms with Crippen LogP contribution >= 0.6 is 11.8 Å². The van der Waals surface area contributed by atoms with Crippen LogP contribution < -0.4 is 5.56 Å². The molecule has 0 spiro atoms. The number of fused-ring (bicyclic) bond motifs is 1. The Morgan fingerprint density at radius 1 is 1.02 bits per heavy atom. The second-order valence-corrected chi connectivity index (χ2v) is 12.0. The van der Waals surface area contributed by atoms with E-state index in [0.29, 0.717) is 12.0 Å². The molecule has 1 aliphatic rings. The fourth-order valence-electron chi connectivity index (χ4n) is 5.38. The lowest BCUT2D eigenvalue weighted by molar-refractivity contribution is -0.137. The highest BCUT2D eigenvalue weighted by Crippen LogP contribution is 2.32. The Kier molecular flexibility index (Phi) is 8.10. The van der Waals surface area contributed by atoms with Crippen LogP contribution in [-0.4, -0.2) is 51.3 Å². The van der Waals surface area contributed by atoms with E-state index in [4.69, 9.17) is 9.60 Å². The number of hydrogen-bond acceptors (Lipinski definition) is 5. The van der Waals surface area contributed by atoms with Gasteiger partial charge in [-0.15, -0.1) is 0 Å². The normalized spacial score (nSPS) is 16.5. The zero-order valence-electron chi connectivity index (χ0n) is 35.6. The number of amides is 1. The van der Waals surface area contributed by atoms with E-state index in [1.165, 1.54) is 31.2 Å². The van der Waals surface area contributed by atoms with Crippen LogP contribution in [0.3, 0.4) is 0 Å². The molecule has 4 aromatic rings. The second kappa shape index (κ2) is 15.5. The molecule has 0 atom stereocenters. The molecule has 0 saturated carbocycles. The van der Waals surface area contributed by atoms with E-state index in [-0.39, 0.29) is 63.3 Å². The standard InChI is InChI=1S/C37H40F4N4O2S/c1-4-43(5-2)19-20-44(22-27-11-18-31(25(3)21-27)28-12-14-29(15-13-28)37(39,40)41)34(46)23-45-33-8-6-7-32(33)35(47)42-36(45)48-24-26-9-16-30(38)17-10-26/h9-18,21H,4-8,19-20,22-24H2,1-3H3/i4D2,5D2,11D,18D,21D,23D2. The fourth-order valence-corrected chi connectivity index (χ4v) is 6.30. The molecule has 0 fully saturated rings. The summed E-state index contributed by atoms with van der Waals surface area (Å²) >= 11 is 0.946. The van der Waals surface area contributed by atoms with Gasteiger partial charge in [-0.25, -0.2) is 4.39 Å². The monoisotopic (exact) mass is 689 g/mol. The highest BCUT2D eigenvalue weighted by Gasteiger charge is 2.30. The summed E-state index contributed by atoms with van der Waals surface area (Å²) in [6.07, 6.45) is -3.64. The van der Waals surface area contributed by atoms with Crippen molar-refractivity contribution in [2.75, 3.05) is 26.1 Å². The van der Waals surface area contributed by atoms with Crippen molar-refractivity contribution in [3.8, 4) is 11.1 Å². The van der Waals surface area contributed by atoms with Crippen molar-refractivity contribution < 1.29 is 34.7 Å². The van der Waals surface area contributed by atoms with Crippen LogP contribution in [-0.2, 0) is 42.6 Å². The van der Waals surface area contributed by atoms with Crippen molar-refractivity contribution in [3.05, 3.63) is 116 Å². The zero-order chi connectivity index (χ0) is 42.4. The maximum Gasteiger partial charge on any atom is 0.416 e. The molecular weight excluding hydrogens is 640 g/mol. The molecule has 0 N–H and O–H groups in total. The van der Waals surface area contributed by atoms with Gasteiger partial charge in [-0.05, 0) is 91.3 Å². The lowest BCUT2D eigenvalue weighted by Gasteiger charge is -2.28. The van der Waals surface area contributed by atoms with Crippen molar-refractivity contribution in [1.82, 2.24) is 19.4 Å². The third-order valence-electron chi connectivity index (χ3n) is 7.92. The van der Waals surface area contributed by atoms with Crippen LogP contribution in [0.25, 0.3) is 11.1 Å². The number of hydrogen-bond donors (Lipinski definition) is 0. The maximum absolute atomic E-state index is 14.7. The summed E-state index contributed by atoms with van der Waals surface area (Å²) in [5, 5.41) is -0.146. The van der Waals surface area contributed by atoms with Crippen LogP contribution in [0.2, 0.25) is 0 Å². The SMILES string of the molecule is [2H]c1c([2H])c(-c2ccc(C(F)(F)F)cc2)c(C)c([2H])c1CN(CCN(C([2H])([2H])C)C([2H])([2H])C)C(=O)C([2H])([2H])n1c(SCc2ccc(F)cc2)nc(=O)c2c1CCC2. The fraction of sp³-hybridized carbons (Fsp3) is 0.378. The Balaban J connectivity index is 1.61. The van der Waals surface area contributed by atoms with E-state index in [9.17, 15) is 29.9 Å². The summed E-state index contributed by atoms with van der Waals surface area (Å²) in [5.74, 6) is -1.61. The predicted molar refractivity (Wildman–Crippen MR) is 181 cm³/mol. The number of benzene rings is 3. The number of nitrogens with zero attached hydrogens (tertiary/aromatic N) is 4. The number of aromatic nitrogens is 2. The van der Waals surface area contributed by atoms with Gasteiger partial charge in [-0.2, -0.15) is 18.2 Å². The summed E-state index contributed by atoms with van der Waals surface area (Å²) < 4.78 is 133. The average molecular weight is 690 g/mol. The molecule has 3 aromatic carbocycles. The minimum atomic E-state index is -4.62. The maximum atomic E-state index is 14.7. The van der Waals surface area contributed by atoms with E-state index >= 15 is 0 Å². The van der Waals surface area contributed by atoms with Gasteiger partial charge in [0.15, 0.2) is 5.16 Å². The van der Waals surface area contributed by atoms with E-state index in [1.807, 2.05) is 0 Å². The number of alkyl halides is 3. The van der Waals surface area contributed by atoms with E-state index < -0.39 is 80.2 Å². The minimum absolute atomic E-state index is 0.0120. The molecule has 0 radical (unpaired) electrons. The summed E-state index contributed by atoms with van der Waals surface area (Å²) in [6, 6.07) is 8.00. The predicted octanol–water partition coefficient (Wildman–Crippen LogP) is 7.53. The summed E-state index contributed by atoms with van der Waals surface area (Å²) in [5.41, 5.74) is -0.408. The molecule has 1 aliphatic carbocycles. The van der Waals surface area contributed by atoms with Crippen molar-refractivity contribution in [2.24, 2.45) is 0 Å². The smallest absolute Gasteiger partial charge is 0.336 e. The van der Waals surface area contributed by atoms with Crippen LogP contribution in [0.4, 0.5) is 17.6 Å². The Hall–Kier alpha value is -3.96. The van der Waals surface area contributed by atoms with Gasteiger partial charge in [0.25, 0.3) is 5.56 Å². The highest BCUT2D eigenvalue weighted by molar-refractivity contribution is 7.98. The highest BCUT2D eigenvalue weighted by atomic mass is 32.2. The van der Waals surface area contributed by atoms with Crippen molar-refractivity contribution in [1.29, 1.82) is 0 Å². The molecule has 254 valence electrons. The number of carbonyl (C=O) groups is 1. The van der Waals surface area contributed by atoms with E-state index in [1.54, 1.807) is 0 Å². The quantitative estimate of drug-likeness (QED) is 0.0826. The van der Waals surface area contributed by atoms with Crippen molar-refractivity contribution in [2.45, 2.75) is 70.2 Å². The molecule has 11 heteroatoms. The molecule has 48 heavy (non-hydrogen) atoms. The number of likely N-dealkylation sites (N-methyl/N-ethyl adjacent to an activating group) is 1. The second-order valence-electron chi connectivity index (χ2n) is 11.1. The summed E-state index contributed by atoms with van der Waals surface area (Å²) in [7, 11) is 0. The minimum Gasteiger partial charge on any atom is -0.336 e. The third kappa shape index (κ3) is 8.54. The molecule has 0 bridgehead atoms. The Morgan fingerprint density at radius 3 is 2.40 bits per heavy atom. The lowest BCUT2D eigenvalue weighted by atomic mass is 9.97. The van der Waals surface area contributed by atoms with Crippen LogP contribution in [0.1, 0.15) is 66.1 Å². The molecule has 6 nitrogen and oxygen atoms in total. The van der Waals surface area contributed by atoms with Gasteiger partial charge in [-0.1, -0.05) is 68.0 Å². The number of rotatable bonds is 13. The largest absolute Gasteiger partial charge is 0.416 e. The molecule has 0 aliphatic heterocycles. The van der Waals surface area contributed by atoms with Crippen molar-refractivity contribution in [3.63, 3.8) is 0 Å². The summed E-state index contributed by atoms with van der Waals surface area (Å²) in [4.78, 5) is 33.7. The van der Waals surface area contributed by atoms with Crippen LogP contribution in [0.5, 0.6) is 0 Å². The van der Waals surface area contributed by atoms with Gasteiger partial charge in [0.2, 0.25) is 5.91 Å². The Labute approximate surface area is 295 Å². The Morgan fingerprint density at radius 2 is 1.73 bits per heavy atom. The molecule has 5 rings (SSSR count). The number of halogens is 4. The lowest BCUT2D eigenvalue weighted by Crippen LogP contribution is -2.40. The first-order valence-electron chi connectivity index (χ1n) is 19.7. The Bertz CT molecular complexity index is 2170. The first kappa shape index (κ1) is 25.1. The van der Waals surface area contributed by atoms with Gasteiger partial charge in [-0.3, -0.25) is 9.59 Å². The molecule has 1 amide bonds. The van der Waals surface area contributed by atoms with Crippen LogP contribution in [0, 0.1) is 12.7 Å². The molecule has 0 saturated heterocycles. The van der Waals surface area contributed by atoms with Gasteiger partial charge in [0.05, 0.1) is 12.4 Å². The van der Waals surface area contributed by atoms with E-state index in [0.717, 1.165) is 64.2 Å². The zero-order valence-corrected chi connectivity index (χ0v) is 27.4. The molecule has 1 heterocycles. The summed E-state index contributed by atoms with van der Waals surface area (Å²) in [6.45, 7) is -5.58. The van der Waals surface area contributed by atoms with Gasteiger partial charge >= 0.3 is 6.18 Å². The molecule has 0 unspecified atom stereocenters. The topological polar surface area (TPSA) is 58.4 Å². The van der Waals surface area contributed by atoms with Gasteiger partial charge in [0.1, 0.15) is 12.3 Å². The first-order chi connectivity index (χ1) is 26.3. The third-order valence-corrected chi connectivity index (χ3v) is 8.93. The van der Waals surface area contributed by atoms with Crippen molar-refractivity contribution >= 4 is 17.7 Å². The van der Waals surface area contributed by atoms with Gasteiger partial charge < -0.3 is 14.4 Å². The van der Waals surface area contributed by atoms with E-state index in [2.05, 4.69) is 4.98 Å². The molecule has 1 aromatic heterocycles. The molecular formula is C37H40F4N4O2S. The average Bonchev–Trinajstić information content (AvgIpc) is 3.60.